The largest absolute Gasteiger partial charge is 0.481 e. The first-order chi connectivity index (χ1) is 22.5. The van der Waals surface area contributed by atoms with Crippen LogP contribution in [0.25, 0.3) is 0 Å². The summed E-state index contributed by atoms with van der Waals surface area (Å²) in [5.74, 6) is -8.25. The predicted octanol–water partition coefficient (Wildman–Crippen LogP) is -6.46. The number of aliphatic hydroxyl groups is 2. The quantitative estimate of drug-likeness (QED) is 0.0722. The number of hydrogen-bond acceptors (Lipinski definition) is 12. The van der Waals surface area contributed by atoms with Crippen LogP contribution >= 0.6 is 0 Å². The van der Waals surface area contributed by atoms with E-state index < -0.39 is 122 Å². The van der Waals surface area contributed by atoms with Crippen LogP contribution in [-0.4, -0.2) is 159 Å². The molecule has 21 heteroatoms. The zero-order valence-electron chi connectivity index (χ0n) is 26.3. The summed E-state index contributed by atoms with van der Waals surface area (Å²) < 4.78 is 0. The average Bonchev–Trinajstić information content (AvgIpc) is 3.67. The molecule has 0 bridgehead atoms. The van der Waals surface area contributed by atoms with E-state index in [0.29, 0.717) is 6.42 Å². The lowest BCUT2D eigenvalue weighted by Crippen LogP contribution is -2.56. The van der Waals surface area contributed by atoms with Crippen LogP contribution in [0.2, 0.25) is 0 Å². The van der Waals surface area contributed by atoms with Gasteiger partial charge >= 0.3 is 11.9 Å². The Morgan fingerprint density at radius 3 is 2.10 bits per heavy atom. The highest BCUT2D eigenvalue weighted by Gasteiger charge is 2.41. The lowest BCUT2D eigenvalue weighted by atomic mass is 10.1. The molecule has 48 heavy (non-hydrogen) atoms. The number of rotatable bonds is 16. The van der Waals surface area contributed by atoms with Gasteiger partial charge in [0.25, 0.3) is 0 Å². The van der Waals surface area contributed by atoms with Gasteiger partial charge in [0.2, 0.25) is 41.4 Å². The first-order valence-corrected chi connectivity index (χ1v) is 15.0. The Labute approximate surface area is 273 Å². The van der Waals surface area contributed by atoms with Crippen LogP contribution in [0, 0.1) is 0 Å². The lowest BCUT2D eigenvalue weighted by molar-refractivity contribution is -0.145. The maximum absolute atomic E-state index is 13.1. The third-order valence-corrected chi connectivity index (χ3v) is 7.61. The zero-order valence-corrected chi connectivity index (χ0v) is 26.3. The van der Waals surface area contributed by atoms with E-state index in [1.807, 2.05) is 0 Å². The van der Waals surface area contributed by atoms with E-state index in [4.69, 9.17) is 21.1 Å². The van der Waals surface area contributed by atoms with Crippen LogP contribution < -0.4 is 32.3 Å². The summed E-state index contributed by atoms with van der Waals surface area (Å²) in [6.07, 6.45) is -1.27. The highest BCUT2D eigenvalue weighted by molar-refractivity contribution is 5.96. The van der Waals surface area contributed by atoms with Gasteiger partial charge in [-0.2, -0.15) is 0 Å². The summed E-state index contributed by atoms with van der Waals surface area (Å²) in [5.41, 5.74) is 5.44. The summed E-state index contributed by atoms with van der Waals surface area (Å²) in [6, 6.07) is -7.58. The van der Waals surface area contributed by atoms with Crippen molar-refractivity contribution in [2.75, 3.05) is 32.8 Å². The number of carbonyl (C=O) groups is 9. The maximum atomic E-state index is 13.1. The molecule has 0 aromatic heterocycles. The van der Waals surface area contributed by atoms with Crippen molar-refractivity contribution in [3.05, 3.63) is 0 Å². The number of carboxylic acids is 2. The molecule has 268 valence electrons. The number of likely N-dealkylation sites (tertiary alicyclic amines) is 2. The van der Waals surface area contributed by atoms with E-state index in [2.05, 4.69) is 26.6 Å². The van der Waals surface area contributed by atoms with Crippen molar-refractivity contribution in [1.29, 1.82) is 0 Å². The van der Waals surface area contributed by atoms with Crippen molar-refractivity contribution in [3.8, 4) is 0 Å². The normalized spacial score (nSPS) is 21.2. The zero-order chi connectivity index (χ0) is 36.3. The highest BCUT2D eigenvalue weighted by Crippen LogP contribution is 2.20. The van der Waals surface area contributed by atoms with Gasteiger partial charge in [0, 0.05) is 19.5 Å². The third-order valence-electron chi connectivity index (χ3n) is 7.61. The smallest absolute Gasteiger partial charge is 0.328 e. The minimum Gasteiger partial charge on any atom is -0.481 e. The van der Waals surface area contributed by atoms with Crippen molar-refractivity contribution < 1.29 is 63.6 Å². The number of aliphatic carboxylic acids is 2. The number of carbonyl (C=O) groups excluding carboxylic acids is 7. The molecule has 2 aliphatic rings. The number of nitrogens with one attached hydrogen (secondary N) is 5. The third kappa shape index (κ3) is 11.1. The molecule has 2 rings (SSSR count). The number of nitrogens with two attached hydrogens (primary N) is 1. The first-order valence-electron chi connectivity index (χ1n) is 15.0. The Balaban J connectivity index is 1.88. The fraction of sp³-hybridized carbons (Fsp3) is 0.667. The standard InChI is InChI=1S/C27H42N8O13/c1-12(32-23(43)15(28)7-21(40)41)22(42)29-8-19(38)31-13(2)26(46)35-10-14(37)6-18(35)24(44)30-9-20(39)34-5-3-4-17(34)25(45)33-16(11-36)27(47)48/h12-18,36-37H,3-11,28H2,1-2H3,(H,29,42)(H,30,44)(H,31,38)(H,32,43)(H,33,45)(H,40,41)(H,47,48)/t12-,13-,14+,15-,16-,17-,18-/m0/s1. The van der Waals surface area contributed by atoms with Crippen LogP contribution in [0.1, 0.15) is 39.5 Å². The lowest BCUT2D eigenvalue weighted by Gasteiger charge is -2.28. The Morgan fingerprint density at radius 1 is 0.833 bits per heavy atom. The molecule has 0 spiro atoms. The molecule has 7 amide bonds. The summed E-state index contributed by atoms with van der Waals surface area (Å²) in [4.78, 5) is 112. The molecule has 0 aromatic rings. The van der Waals surface area contributed by atoms with E-state index in [1.54, 1.807) is 0 Å². The number of aliphatic hydroxyl groups excluding tert-OH is 2. The SMILES string of the molecule is C[C@H](NC(=O)[C@@H](N)CC(=O)O)C(=O)NCC(=O)N[C@@H](C)C(=O)N1C[C@H](O)C[C@H]1C(=O)NCC(=O)N1CCC[C@H]1C(=O)N[C@@H](CO)C(=O)O. The van der Waals surface area contributed by atoms with E-state index in [-0.39, 0.29) is 25.9 Å². The second kappa shape index (κ2) is 17.9. The fourth-order valence-electron chi connectivity index (χ4n) is 5.07. The fourth-order valence-corrected chi connectivity index (χ4v) is 5.07. The molecule has 21 nitrogen and oxygen atoms in total. The first kappa shape index (κ1) is 39.3. The van der Waals surface area contributed by atoms with Gasteiger partial charge in [-0.15, -0.1) is 0 Å². The molecule has 0 aliphatic carbocycles. The van der Waals surface area contributed by atoms with Crippen molar-refractivity contribution >= 4 is 53.3 Å². The van der Waals surface area contributed by atoms with Crippen LogP contribution in [0.15, 0.2) is 0 Å². The van der Waals surface area contributed by atoms with Crippen LogP contribution in [-0.2, 0) is 43.2 Å². The van der Waals surface area contributed by atoms with Crippen LogP contribution in [0.5, 0.6) is 0 Å². The van der Waals surface area contributed by atoms with E-state index >= 15 is 0 Å². The molecule has 0 aromatic carbocycles. The van der Waals surface area contributed by atoms with Crippen LogP contribution in [0.4, 0.5) is 0 Å². The molecular weight excluding hydrogens is 644 g/mol. The van der Waals surface area contributed by atoms with Gasteiger partial charge in [-0.25, -0.2) is 4.79 Å². The second-order valence-corrected chi connectivity index (χ2v) is 11.4. The molecule has 2 fully saturated rings. The molecule has 2 aliphatic heterocycles. The Hall–Kier alpha value is -4.89. The maximum Gasteiger partial charge on any atom is 0.328 e. The molecule has 11 N–H and O–H groups in total. The van der Waals surface area contributed by atoms with Gasteiger partial charge in [0.15, 0.2) is 0 Å². The van der Waals surface area contributed by atoms with Gasteiger partial charge in [-0.05, 0) is 26.7 Å². The van der Waals surface area contributed by atoms with E-state index in [9.17, 15) is 48.3 Å². The topological polar surface area (TPSA) is 327 Å². The molecular formula is C27H42N8O13. The monoisotopic (exact) mass is 686 g/mol. The molecule has 7 atom stereocenters. The molecule has 2 heterocycles. The highest BCUT2D eigenvalue weighted by atomic mass is 16.4. The summed E-state index contributed by atoms with van der Waals surface area (Å²) in [5, 5.41) is 48.5. The van der Waals surface area contributed by atoms with Gasteiger partial charge in [-0.3, -0.25) is 38.4 Å². The molecule has 0 unspecified atom stereocenters. The number of nitrogens with zero attached hydrogens (tertiary/aromatic N) is 2. The number of amides is 7. The van der Waals surface area contributed by atoms with Gasteiger partial charge < -0.3 is 62.5 Å². The van der Waals surface area contributed by atoms with Crippen LogP contribution in [0.3, 0.4) is 0 Å². The Kier molecular flexibility index (Phi) is 14.6. The van der Waals surface area contributed by atoms with Gasteiger partial charge in [0.1, 0.15) is 30.2 Å². The number of carboxylic acid groups (broad SMARTS) is 2. The Bertz CT molecular complexity index is 1280. The summed E-state index contributed by atoms with van der Waals surface area (Å²) in [6.45, 7) is 0.443. The van der Waals surface area contributed by atoms with Gasteiger partial charge in [0.05, 0.1) is 38.3 Å². The second-order valence-electron chi connectivity index (χ2n) is 11.4. The number of β-amino-alcohol motifs (C(OH)–C–C–N with tert-alkyl or cyclic N) is 1. The van der Waals surface area contributed by atoms with Crippen molar-refractivity contribution in [1.82, 2.24) is 36.4 Å². The summed E-state index contributed by atoms with van der Waals surface area (Å²) in [7, 11) is 0. The van der Waals surface area contributed by atoms with Gasteiger partial charge in [-0.1, -0.05) is 0 Å². The minimum absolute atomic E-state index is 0.155. The minimum atomic E-state index is -1.56. The number of hydrogen-bond donors (Lipinski definition) is 10. The molecule has 0 saturated carbocycles. The van der Waals surface area contributed by atoms with E-state index in [0.717, 1.165) is 9.80 Å². The molecule has 2 saturated heterocycles. The Morgan fingerprint density at radius 2 is 1.50 bits per heavy atom. The van der Waals surface area contributed by atoms with Crippen molar-refractivity contribution in [2.24, 2.45) is 5.73 Å². The predicted molar refractivity (Wildman–Crippen MR) is 159 cm³/mol. The summed E-state index contributed by atoms with van der Waals surface area (Å²) >= 11 is 0. The molecule has 0 radical (unpaired) electrons. The average molecular weight is 687 g/mol. The van der Waals surface area contributed by atoms with Crippen molar-refractivity contribution in [2.45, 2.75) is 81.9 Å². The van der Waals surface area contributed by atoms with Crippen molar-refractivity contribution in [3.63, 3.8) is 0 Å². The van der Waals surface area contributed by atoms with E-state index in [1.165, 1.54) is 13.8 Å².